The number of carbonyl (C=O) groups is 2. The van der Waals surface area contributed by atoms with E-state index in [4.69, 9.17) is 0 Å². The van der Waals surface area contributed by atoms with Crippen molar-refractivity contribution in [3.8, 4) is 5.75 Å². The normalized spacial score (nSPS) is 19.1. The summed E-state index contributed by atoms with van der Waals surface area (Å²) in [6, 6.07) is 1.88. The largest absolute Gasteiger partial charge is 0.504 e. The van der Waals surface area contributed by atoms with Crippen LogP contribution in [0.4, 0.5) is 25.1 Å². The van der Waals surface area contributed by atoms with Gasteiger partial charge in [0.05, 0.1) is 9.62 Å². The molecule has 0 bridgehead atoms. The van der Waals surface area contributed by atoms with E-state index in [0.29, 0.717) is 30.5 Å². The van der Waals surface area contributed by atoms with Crippen LogP contribution in [0.25, 0.3) is 5.78 Å². The van der Waals surface area contributed by atoms with E-state index in [0.717, 1.165) is 16.6 Å². The number of halogens is 7. The van der Waals surface area contributed by atoms with Gasteiger partial charge in [-0.2, -0.15) is 9.50 Å². The second kappa shape index (κ2) is 10.3. The number of nitrogens with zero attached hydrogens (tertiary/aromatic N) is 7. The Bertz CT molecular complexity index is 2000. The van der Waals surface area contributed by atoms with Gasteiger partial charge in [-0.05, 0) is 66.4 Å². The van der Waals surface area contributed by atoms with E-state index in [1.165, 1.54) is 10.9 Å². The number of aryl methyl sites for hydroxylation is 1. The van der Waals surface area contributed by atoms with Crippen LogP contribution in [0.15, 0.2) is 45.0 Å². The molecule has 4 heterocycles. The predicted molar refractivity (Wildman–Crippen MR) is 168 cm³/mol. The van der Waals surface area contributed by atoms with E-state index in [1.54, 1.807) is 11.8 Å². The summed E-state index contributed by atoms with van der Waals surface area (Å²) in [5.41, 5.74) is -0.187. The molecule has 1 saturated heterocycles. The lowest BCUT2D eigenvalue weighted by molar-refractivity contribution is -0.116. The second-order valence-corrected chi connectivity index (χ2v) is 15.8. The average molecular weight is 845 g/mol. The van der Waals surface area contributed by atoms with Crippen LogP contribution in [0.3, 0.4) is 0 Å². The first-order valence-corrected chi connectivity index (χ1v) is 17.5. The third kappa shape index (κ3) is 5.71. The fraction of sp³-hybridized carbons (Fsp3) is 0.346. The van der Waals surface area contributed by atoms with Gasteiger partial charge in [-0.15, -0.1) is 5.10 Å². The molecule has 46 heavy (non-hydrogen) atoms. The van der Waals surface area contributed by atoms with E-state index in [1.807, 2.05) is 0 Å². The zero-order valence-corrected chi connectivity index (χ0v) is 28.1. The first-order valence-electron chi connectivity index (χ1n) is 13.6. The van der Waals surface area contributed by atoms with Crippen LogP contribution in [-0.4, -0.2) is 64.0 Å². The van der Waals surface area contributed by atoms with Crippen molar-refractivity contribution in [3.63, 3.8) is 0 Å². The van der Waals surface area contributed by atoms with Crippen molar-refractivity contribution < 1.29 is 34.1 Å². The Labute approximate surface area is 278 Å². The van der Waals surface area contributed by atoms with Crippen molar-refractivity contribution in [2.75, 3.05) is 18.4 Å². The van der Waals surface area contributed by atoms with Crippen LogP contribution in [0, 0.1) is 6.92 Å². The highest BCUT2D eigenvalue weighted by Gasteiger charge is 2.65. The lowest BCUT2D eigenvalue weighted by atomic mass is 9.74. The van der Waals surface area contributed by atoms with E-state index < -0.39 is 44.5 Å². The van der Waals surface area contributed by atoms with E-state index in [-0.39, 0.29) is 62.5 Å². The summed E-state index contributed by atoms with van der Waals surface area (Å²) >= 11 is 5.34. The summed E-state index contributed by atoms with van der Waals surface area (Å²) in [6.07, 6.45) is 2.47. The van der Waals surface area contributed by atoms with Crippen molar-refractivity contribution >= 4 is 72.0 Å². The quantitative estimate of drug-likeness (QED) is 0.146. The molecular formula is C26H23BrF5IN8O4S. The number of alkyl halides is 1. The van der Waals surface area contributed by atoms with Gasteiger partial charge in [-0.1, -0.05) is 42.0 Å². The van der Waals surface area contributed by atoms with Crippen LogP contribution >= 0.6 is 48.7 Å². The number of rotatable bonds is 5. The summed E-state index contributed by atoms with van der Waals surface area (Å²) in [5.74, 6) is -1.44. The number of fused-ring (bicyclic) bond motifs is 3. The number of amides is 2. The molecule has 20 heteroatoms. The number of piperidine rings is 1. The monoisotopic (exact) mass is 844 g/mol. The fourth-order valence-corrected chi connectivity index (χ4v) is 8.53. The van der Waals surface area contributed by atoms with E-state index in [2.05, 4.69) is 63.9 Å². The van der Waals surface area contributed by atoms with Crippen LogP contribution in [0.5, 0.6) is 5.75 Å². The maximum absolute atomic E-state index is 13.9. The molecule has 1 fully saturated rings. The van der Waals surface area contributed by atoms with Gasteiger partial charge < -0.3 is 19.9 Å². The minimum absolute atomic E-state index is 0.0444. The lowest BCUT2D eigenvalue weighted by Gasteiger charge is -2.40. The third-order valence-electron chi connectivity index (χ3n) is 8.26. The van der Waals surface area contributed by atoms with Crippen molar-refractivity contribution in [3.05, 3.63) is 68.3 Å². The molecule has 6 rings (SSSR count). The minimum Gasteiger partial charge on any atom is -0.504 e. The van der Waals surface area contributed by atoms with E-state index in [9.17, 15) is 38.9 Å². The molecule has 0 saturated carbocycles. The van der Waals surface area contributed by atoms with Crippen LogP contribution in [0.2, 0.25) is 0 Å². The van der Waals surface area contributed by atoms with Gasteiger partial charge >= 0.3 is 10.2 Å². The Kier molecular flexibility index (Phi) is 7.28. The van der Waals surface area contributed by atoms with Gasteiger partial charge in [0.25, 0.3) is 11.5 Å². The Morgan fingerprint density at radius 1 is 1.13 bits per heavy atom. The molecule has 1 aromatic carbocycles. The number of hydrogen-bond acceptors (Lipinski definition) is 8. The lowest BCUT2D eigenvalue weighted by Crippen LogP contribution is -2.46. The van der Waals surface area contributed by atoms with Crippen molar-refractivity contribution in [2.45, 2.75) is 47.0 Å². The topological polar surface area (TPSA) is 148 Å². The number of nitrogens with one attached hydrogen (secondary N) is 1. The zero-order chi connectivity index (χ0) is 33.5. The fourth-order valence-electron chi connectivity index (χ4n) is 6.08. The van der Waals surface area contributed by atoms with Gasteiger partial charge in [-0.25, -0.2) is 9.97 Å². The standard InChI is InChI=1S/C26H23BrF5IN8O4S/c1-13-21(43)19(35-12-34-13)23(45)39-8-6-26(7-9-39)10-16(33)20-18(26)22(44)41-25(37-24(27)38-41)40(20)11-17(42)36-14-2-4-15(5-3-14)46(28,29,30,31)32/h2-5,12,16,43H,6-11H2,1H3,(H,36,42)/t16-/m0/s1. The molecule has 1 aliphatic carbocycles. The number of likely N-dealkylation sites (tertiary alicyclic amines) is 1. The van der Waals surface area contributed by atoms with Crippen molar-refractivity contribution in [2.24, 2.45) is 0 Å². The van der Waals surface area contributed by atoms with Gasteiger partial charge in [0.2, 0.25) is 16.4 Å². The Balaban J connectivity index is 1.31. The van der Waals surface area contributed by atoms with Crippen molar-refractivity contribution in [1.29, 1.82) is 0 Å². The first-order chi connectivity index (χ1) is 21.3. The van der Waals surface area contributed by atoms with Crippen LogP contribution in [-0.2, 0) is 16.8 Å². The highest BCUT2D eigenvalue weighted by molar-refractivity contribution is 14.1. The van der Waals surface area contributed by atoms with Gasteiger partial charge in [0.1, 0.15) is 17.8 Å². The van der Waals surface area contributed by atoms with Crippen LogP contribution < -0.4 is 10.9 Å². The smallest absolute Gasteiger partial charge is 0.310 e. The number of carbonyl (C=O) groups excluding carboxylic acids is 2. The summed E-state index contributed by atoms with van der Waals surface area (Å²) in [6.45, 7) is 1.62. The van der Waals surface area contributed by atoms with Gasteiger partial charge in [0.15, 0.2) is 11.4 Å². The molecule has 1 aliphatic heterocycles. The van der Waals surface area contributed by atoms with Crippen molar-refractivity contribution in [1.82, 2.24) is 34.0 Å². The minimum atomic E-state index is -9.89. The Hall–Kier alpha value is -3.40. The first kappa shape index (κ1) is 32.5. The number of anilines is 1. The molecule has 1 atom stereocenters. The average Bonchev–Trinajstić information content (AvgIpc) is 3.49. The van der Waals surface area contributed by atoms with Crippen LogP contribution in [0.1, 0.15) is 50.6 Å². The van der Waals surface area contributed by atoms with Gasteiger partial charge in [-0.3, -0.25) is 14.4 Å². The molecule has 2 aliphatic rings. The molecule has 2 N–H and O–H groups in total. The molecule has 246 valence electrons. The molecule has 4 aromatic rings. The Morgan fingerprint density at radius 3 is 2.41 bits per heavy atom. The molecule has 0 radical (unpaired) electrons. The molecular weight excluding hydrogens is 822 g/mol. The summed E-state index contributed by atoms with van der Waals surface area (Å²) < 4.78 is 68.0. The zero-order valence-electron chi connectivity index (χ0n) is 23.6. The Morgan fingerprint density at radius 2 is 1.78 bits per heavy atom. The molecule has 3 aromatic heterocycles. The molecule has 2 amide bonds. The maximum atomic E-state index is 13.9. The van der Waals surface area contributed by atoms with E-state index >= 15 is 0 Å². The number of hydrogen-bond donors (Lipinski definition) is 2. The highest BCUT2D eigenvalue weighted by Crippen LogP contribution is 3.02. The second-order valence-electron chi connectivity index (χ2n) is 11.2. The number of aromatic nitrogens is 6. The summed E-state index contributed by atoms with van der Waals surface area (Å²) in [7, 11) is -9.89. The SMILES string of the molecule is Cc1ncnc(C(=O)N2CCC3(CC2)C[C@H](I)c2c3c(=O)n3nc(Br)nc3n2CC(=O)Nc2ccc(S(F)(F)(F)(F)F)cc2)c1O. The summed E-state index contributed by atoms with van der Waals surface area (Å²) in [5, 5.41) is 16.9. The molecule has 12 nitrogen and oxygen atoms in total. The predicted octanol–water partition coefficient (Wildman–Crippen LogP) is 5.81. The molecule has 1 spiro atoms. The third-order valence-corrected chi connectivity index (χ3v) is 10.8. The number of benzene rings is 1. The van der Waals surface area contributed by atoms with Gasteiger partial charge in [0, 0.05) is 35.4 Å². The maximum Gasteiger partial charge on any atom is 0.310 e. The summed E-state index contributed by atoms with van der Waals surface area (Å²) in [4.78, 5) is 51.9. The highest BCUT2D eigenvalue weighted by atomic mass is 127. The number of aromatic hydroxyl groups is 1. The molecule has 0 unspecified atom stereocenters.